The zero-order chi connectivity index (χ0) is 13.9. The van der Waals surface area contributed by atoms with E-state index in [9.17, 15) is 0 Å². The van der Waals surface area contributed by atoms with Crippen molar-refractivity contribution in [2.75, 3.05) is 12.8 Å². The number of pyridine rings is 1. The molecule has 3 nitrogen and oxygen atoms in total. The second kappa shape index (κ2) is 5.43. The zero-order valence-electron chi connectivity index (χ0n) is 11.0. The number of methoxy groups -OCH3 is 1. The summed E-state index contributed by atoms with van der Waals surface area (Å²) in [5.74, 6) is 0.858. The number of hydrogen-bond acceptors (Lipinski definition) is 4. The lowest BCUT2D eigenvalue weighted by Crippen LogP contribution is -1.88. The summed E-state index contributed by atoms with van der Waals surface area (Å²) < 4.78 is 5.36. The summed E-state index contributed by atoms with van der Waals surface area (Å²) >= 11 is 1.59. The van der Waals surface area contributed by atoms with E-state index in [2.05, 4.69) is 4.98 Å². The van der Waals surface area contributed by atoms with Crippen LogP contribution in [0.3, 0.4) is 0 Å². The minimum absolute atomic E-state index is 0.754. The fourth-order valence-electron chi connectivity index (χ4n) is 2.00. The van der Waals surface area contributed by atoms with Gasteiger partial charge in [0, 0.05) is 11.1 Å². The van der Waals surface area contributed by atoms with Gasteiger partial charge in [0.15, 0.2) is 0 Å². The molecule has 0 fully saturated rings. The first kappa shape index (κ1) is 12.8. The highest BCUT2D eigenvalue weighted by Gasteiger charge is 2.06. The average Bonchev–Trinajstić information content (AvgIpc) is 2.48. The average molecular weight is 282 g/mol. The molecule has 0 aliphatic rings. The van der Waals surface area contributed by atoms with E-state index in [0.717, 1.165) is 32.3 Å². The third kappa shape index (κ3) is 2.56. The molecular weight excluding hydrogens is 268 g/mol. The monoisotopic (exact) mass is 282 g/mol. The number of nitrogen functional groups attached to an aromatic ring is 1. The van der Waals surface area contributed by atoms with Crippen molar-refractivity contribution in [2.45, 2.75) is 9.92 Å². The predicted octanol–water partition coefficient (Wildman–Crippen LogP) is 3.98. The third-order valence-electron chi connectivity index (χ3n) is 2.97. The molecule has 4 heteroatoms. The number of nitrogens with two attached hydrogens (primary N) is 1. The van der Waals surface area contributed by atoms with Crippen molar-refractivity contribution >= 4 is 28.4 Å². The van der Waals surface area contributed by atoms with Gasteiger partial charge in [0.05, 0.1) is 17.5 Å². The second-order valence-corrected chi connectivity index (χ2v) is 5.42. The maximum Gasteiger partial charge on any atom is 0.132 e. The van der Waals surface area contributed by atoms with Gasteiger partial charge in [0.2, 0.25) is 0 Å². The van der Waals surface area contributed by atoms with Crippen molar-refractivity contribution in [1.29, 1.82) is 0 Å². The molecule has 3 aromatic rings. The number of aromatic nitrogens is 1. The summed E-state index contributed by atoms with van der Waals surface area (Å²) in [5.41, 5.74) is 7.47. The zero-order valence-corrected chi connectivity index (χ0v) is 11.9. The molecule has 0 amide bonds. The Morgan fingerprint density at radius 2 is 1.90 bits per heavy atom. The molecule has 0 radical (unpaired) electrons. The van der Waals surface area contributed by atoms with E-state index in [-0.39, 0.29) is 0 Å². The smallest absolute Gasteiger partial charge is 0.132 e. The molecule has 0 unspecified atom stereocenters. The maximum atomic E-state index is 5.77. The lowest BCUT2D eigenvalue weighted by molar-refractivity contribution is 0.405. The van der Waals surface area contributed by atoms with Crippen LogP contribution < -0.4 is 10.5 Å². The van der Waals surface area contributed by atoms with Crippen LogP contribution in [-0.2, 0) is 0 Å². The van der Waals surface area contributed by atoms with Crippen LogP contribution in [0.1, 0.15) is 0 Å². The predicted molar refractivity (Wildman–Crippen MR) is 83.3 cm³/mol. The van der Waals surface area contributed by atoms with Crippen molar-refractivity contribution in [3.8, 4) is 5.75 Å². The molecule has 0 atom stereocenters. The number of para-hydroxylation sites is 1. The Balaban J connectivity index is 1.96. The number of ether oxygens (including phenoxy) is 1. The lowest BCUT2D eigenvalue weighted by atomic mass is 10.2. The highest BCUT2D eigenvalue weighted by atomic mass is 32.2. The molecule has 0 spiro atoms. The quantitative estimate of drug-likeness (QED) is 0.738. The molecule has 2 aromatic carbocycles. The van der Waals surface area contributed by atoms with Crippen LogP contribution in [0.15, 0.2) is 64.5 Å². The number of nitrogens with zero attached hydrogens (tertiary/aromatic N) is 1. The van der Waals surface area contributed by atoms with Crippen molar-refractivity contribution < 1.29 is 4.74 Å². The van der Waals surface area contributed by atoms with Gasteiger partial charge in [-0.25, -0.2) is 4.98 Å². The number of anilines is 1. The fraction of sp³-hybridized carbons (Fsp3) is 0.0625. The molecule has 100 valence electrons. The van der Waals surface area contributed by atoms with Gasteiger partial charge in [-0.05, 0) is 36.4 Å². The highest BCUT2D eigenvalue weighted by molar-refractivity contribution is 7.99. The molecular formula is C16H14N2OS. The Bertz CT molecular complexity index is 758. The minimum Gasteiger partial charge on any atom is -0.496 e. The van der Waals surface area contributed by atoms with Crippen molar-refractivity contribution in [2.24, 2.45) is 0 Å². The van der Waals surface area contributed by atoms with Gasteiger partial charge < -0.3 is 10.5 Å². The molecule has 2 N–H and O–H groups in total. The van der Waals surface area contributed by atoms with Gasteiger partial charge >= 0.3 is 0 Å². The maximum absolute atomic E-state index is 5.77. The van der Waals surface area contributed by atoms with Crippen LogP contribution in [-0.4, -0.2) is 12.1 Å². The van der Waals surface area contributed by atoms with Crippen LogP contribution in [0.4, 0.5) is 5.69 Å². The van der Waals surface area contributed by atoms with E-state index in [4.69, 9.17) is 10.5 Å². The molecule has 0 saturated heterocycles. The summed E-state index contributed by atoms with van der Waals surface area (Å²) in [7, 11) is 1.68. The normalized spacial score (nSPS) is 10.7. The van der Waals surface area contributed by atoms with Crippen LogP contribution in [0.25, 0.3) is 10.9 Å². The van der Waals surface area contributed by atoms with Gasteiger partial charge in [-0.3, -0.25) is 0 Å². The molecule has 20 heavy (non-hydrogen) atoms. The topological polar surface area (TPSA) is 48.1 Å². The largest absolute Gasteiger partial charge is 0.496 e. The van der Waals surface area contributed by atoms with Crippen LogP contribution in [0.5, 0.6) is 5.75 Å². The molecule has 1 aromatic heterocycles. The summed E-state index contributed by atoms with van der Waals surface area (Å²) in [6.07, 6.45) is 0. The Morgan fingerprint density at radius 1 is 1.05 bits per heavy atom. The van der Waals surface area contributed by atoms with Gasteiger partial charge in [-0.1, -0.05) is 30.0 Å². The Morgan fingerprint density at radius 3 is 2.75 bits per heavy atom. The molecule has 3 rings (SSSR count). The van der Waals surface area contributed by atoms with Crippen molar-refractivity contribution in [1.82, 2.24) is 4.98 Å². The van der Waals surface area contributed by atoms with Crippen LogP contribution >= 0.6 is 11.8 Å². The molecule has 0 bridgehead atoms. The molecule has 0 aliphatic heterocycles. The lowest BCUT2D eigenvalue weighted by Gasteiger charge is -2.07. The van der Waals surface area contributed by atoms with Gasteiger partial charge in [-0.15, -0.1) is 0 Å². The van der Waals surface area contributed by atoms with Crippen molar-refractivity contribution in [3.05, 3.63) is 54.6 Å². The summed E-state index contributed by atoms with van der Waals surface area (Å²) in [6.45, 7) is 0. The van der Waals surface area contributed by atoms with Gasteiger partial charge in [-0.2, -0.15) is 0 Å². The Hall–Kier alpha value is -2.20. The first-order valence-corrected chi connectivity index (χ1v) is 7.05. The van der Waals surface area contributed by atoms with E-state index in [1.54, 1.807) is 18.9 Å². The van der Waals surface area contributed by atoms with E-state index >= 15 is 0 Å². The van der Waals surface area contributed by atoms with E-state index in [1.807, 2.05) is 54.6 Å². The van der Waals surface area contributed by atoms with Gasteiger partial charge in [0.25, 0.3) is 0 Å². The van der Waals surface area contributed by atoms with Crippen molar-refractivity contribution in [3.63, 3.8) is 0 Å². The number of rotatable bonds is 3. The summed E-state index contributed by atoms with van der Waals surface area (Å²) in [6, 6.07) is 17.7. The van der Waals surface area contributed by atoms with Gasteiger partial charge in [0.1, 0.15) is 10.8 Å². The molecule has 0 saturated carbocycles. The third-order valence-corrected chi connectivity index (χ3v) is 3.96. The standard InChI is InChI=1S/C16H14N2OS/c1-19-14-4-2-3-5-15(14)20-16-9-6-11-10-12(17)7-8-13(11)18-16/h2-10H,17H2,1H3. The number of fused-ring (bicyclic) bond motifs is 1. The first-order valence-electron chi connectivity index (χ1n) is 6.23. The molecule has 0 aliphatic carbocycles. The summed E-state index contributed by atoms with van der Waals surface area (Å²) in [4.78, 5) is 5.69. The Kier molecular flexibility index (Phi) is 3.48. The van der Waals surface area contributed by atoms with Crippen LogP contribution in [0.2, 0.25) is 0 Å². The Labute approximate surface area is 121 Å². The number of hydrogen-bond donors (Lipinski definition) is 1. The summed E-state index contributed by atoms with van der Waals surface area (Å²) in [5, 5.41) is 1.99. The molecule has 1 heterocycles. The fourth-order valence-corrected chi connectivity index (χ4v) is 2.90. The van der Waals surface area contributed by atoms with E-state index < -0.39 is 0 Å². The minimum atomic E-state index is 0.754. The van der Waals surface area contributed by atoms with E-state index in [0.29, 0.717) is 0 Å². The van der Waals surface area contributed by atoms with E-state index in [1.165, 1.54) is 0 Å². The van der Waals surface area contributed by atoms with Crippen LogP contribution in [0, 0.1) is 0 Å². The second-order valence-electron chi connectivity index (χ2n) is 4.35. The first-order chi connectivity index (χ1) is 9.76. The number of benzene rings is 2. The highest BCUT2D eigenvalue weighted by Crippen LogP contribution is 2.34. The SMILES string of the molecule is COc1ccccc1Sc1ccc2cc(N)ccc2n1.